The molecule has 1 aromatic heterocycles. The number of aryl methyl sites for hydroxylation is 1. The van der Waals surface area contributed by atoms with Crippen LogP contribution in [-0.2, 0) is 20.1 Å². The van der Waals surface area contributed by atoms with Crippen LogP contribution in [0.1, 0.15) is 24.1 Å². The Balaban J connectivity index is 1.66. The van der Waals surface area contributed by atoms with Gasteiger partial charge in [-0.1, -0.05) is 30.3 Å². The molecule has 1 aliphatic rings. The molecule has 1 aliphatic carbocycles. The SMILES string of the molecule is COc1ccccc1CN(Cc1nc2ccccc2n(C)c1=O)C1CC1. The maximum atomic E-state index is 12.8. The topological polar surface area (TPSA) is 47.4 Å². The summed E-state index contributed by atoms with van der Waals surface area (Å²) in [7, 11) is 3.51. The third-order valence-corrected chi connectivity index (χ3v) is 5.03. The van der Waals surface area contributed by atoms with Crippen molar-refractivity contribution in [3.05, 3.63) is 70.1 Å². The largest absolute Gasteiger partial charge is 0.496 e. The molecule has 0 atom stereocenters. The minimum atomic E-state index is -0.0191. The molecule has 1 fully saturated rings. The zero-order valence-corrected chi connectivity index (χ0v) is 15.2. The zero-order chi connectivity index (χ0) is 18.1. The van der Waals surface area contributed by atoms with Gasteiger partial charge in [0.05, 0.1) is 18.1 Å². The summed E-state index contributed by atoms with van der Waals surface area (Å²) in [4.78, 5) is 19.8. The van der Waals surface area contributed by atoms with Gasteiger partial charge in [-0.25, -0.2) is 4.98 Å². The van der Waals surface area contributed by atoms with Crippen molar-refractivity contribution in [1.82, 2.24) is 14.5 Å². The molecule has 4 rings (SSSR count). The van der Waals surface area contributed by atoms with Crippen molar-refractivity contribution in [1.29, 1.82) is 0 Å². The molecule has 5 nitrogen and oxygen atoms in total. The Morgan fingerprint density at radius 3 is 2.62 bits per heavy atom. The predicted octanol–water partition coefficient (Wildman–Crippen LogP) is 3.11. The molecule has 0 aliphatic heterocycles. The number of fused-ring (bicyclic) bond motifs is 1. The minimum Gasteiger partial charge on any atom is -0.496 e. The Kier molecular flexibility index (Phi) is 4.47. The summed E-state index contributed by atoms with van der Waals surface area (Å²) in [5, 5.41) is 0. The average Bonchev–Trinajstić information content (AvgIpc) is 3.51. The van der Waals surface area contributed by atoms with Crippen molar-refractivity contribution < 1.29 is 4.74 Å². The fourth-order valence-electron chi connectivity index (χ4n) is 3.44. The molecule has 5 heteroatoms. The van der Waals surface area contributed by atoms with Gasteiger partial charge in [0.1, 0.15) is 11.4 Å². The van der Waals surface area contributed by atoms with Crippen LogP contribution in [0, 0.1) is 0 Å². The summed E-state index contributed by atoms with van der Waals surface area (Å²) in [5.74, 6) is 0.887. The molecule has 3 aromatic rings. The monoisotopic (exact) mass is 349 g/mol. The molecule has 0 N–H and O–H groups in total. The molecule has 0 amide bonds. The highest BCUT2D eigenvalue weighted by atomic mass is 16.5. The van der Waals surface area contributed by atoms with Crippen LogP contribution in [0.4, 0.5) is 0 Å². The van der Waals surface area contributed by atoms with Crippen LogP contribution in [-0.4, -0.2) is 27.6 Å². The number of aromatic nitrogens is 2. The van der Waals surface area contributed by atoms with Crippen LogP contribution in [0.15, 0.2) is 53.3 Å². The molecule has 0 radical (unpaired) electrons. The van der Waals surface area contributed by atoms with Gasteiger partial charge in [0, 0.05) is 31.7 Å². The number of nitrogens with zero attached hydrogens (tertiary/aromatic N) is 3. The van der Waals surface area contributed by atoms with Gasteiger partial charge in [0.25, 0.3) is 5.56 Å². The molecule has 2 aromatic carbocycles. The third-order valence-electron chi connectivity index (χ3n) is 5.03. The summed E-state index contributed by atoms with van der Waals surface area (Å²) < 4.78 is 7.19. The summed E-state index contributed by atoms with van der Waals surface area (Å²) in [6.07, 6.45) is 2.34. The van der Waals surface area contributed by atoms with Gasteiger partial charge < -0.3 is 9.30 Å². The van der Waals surface area contributed by atoms with Gasteiger partial charge in [-0.2, -0.15) is 0 Å². The molecule has 0 bridgehead atoms. The second-order valence-corrected chi connectivity index (χ2v) is 6.86. The van der Waals surface area contributed by atoms with E-state index in [4.69, 9.17) is 4.74 Å². The first-order chi connectivity index (χ1) is 12.7. The minimum absolute atomic E-state index is 0.0191. The van der Waals surface area contributed by atoms with E-state index >= 15 is 0 Å². The maximum Gasteiger partial charge on any atom is 0.273 e. The van der Waals surface area contributed by atoms with Crippen LogP contribution >= 0.6 is 0 Å². The van der Waals surface area contributed by atoms with E-state index < -0.39 is 0 Å². The van der Waals surface area contributed by atoms with Crippen molar-refractivity contribution in [2.75, 3.05) is 7.11 Å². The van der Waals surface area contributed by atoms with E-state index in [1.807, 2.05) is 49.5 Å². The summed E-state index contributed by atoms with van der Waals surface area (Å²) >= 11 is 0. The smallest absolute Gasteiger partial charge is 0.273 e. The van der Waals surface area contributed by atoms with E-state index in [9.17, 15) is 4.79 Å². The average molecular weight is 349 g/mol. The fraction of sp³-hybridized carbons (Fsp3) is 0.333. The van der Waals surface area contributed by atoms with E-state index in [-0.39, 0.29) is 5.56 Å². The van der Waals surface area contributed by atoms with Crippen LogP contribution in [0.25, 0.3) is 11.0 Å². The first-order valence-corrected chi connectivity index (χ1v) is 8.98. The quantitative estimate of drug-likeness (QED) is 0.686. The standard InChI is InChI=1S/C21H23N3O2/c1-23-19-9-5-4-8-17(19)22-18(21(23)25)14-24(16-11-12-16)13-15-7-3-6-10-20(15)26-2/h3-10,16H,11-14H2,1-2H3. The Bertz CT molecular complexity index is 992. The number of rotatable bonds is 6. The number of hydrogen-bond donors (Lipinski definition) is 0. The second-order valence-electron chi connectivity index (χ2n) is 6.86. The van der Waals surface area contributed by atoms with Crippen LogP contribution < -0.4 is 10.3 Å². The molecule has 0 unspecified atom stereocenters. The lowest BCUT2D eigenvalue weighted by atomic mass is 10.1. The van der Waals surface area contributed by atoms with E-state index in [0.717, 1.165) is 28.9 Å². The van der Waals surface area contributed by atoms with E-state index in [1.54, 1.807) is 11.7 Å². The van der Waals surface area contributed by atoms with Crippen molar-refractivity contribution in [2.24, 2.45) is 7.05 Å². The summed E-state index contributed by atoms with van der Waals surface area (Å²) in [6.45, 7) is 1.31. The highest BCUT2D eigenvalue weighted by molar-refractivity contribution is 5.74. The zero-order valence-electron chi connectivity index (χ0n) is 15.2. The Morgan fingerprint density at radius 1 is 1.12 bits per heavy atom. The number of hydrogen-bond acceptors (Lipinski definition) is 4. The number of methoxy groups -OCH3 is 1. The summed E-state index contributed by atoms with van der Waals surface area (Å²) in [6, 6.07) is 16.4. The van der Waals surface area contributed by atoms with E-state index in [0.29, 0.717) is 18.3 Å². The molecular formula is C21H23N3O2. The molecule has 0 spiro atoms. The highest BCUT2D eigenvalue weighted by Gasteiger charge is 2.30. The Hall–Kier alpha value is -2.66. The summed E-state index contributed by atoms with van der Waals surface area (Å²) in [5.41, 5.74) is 3.45. The lowest BCUT2D eigenvalue weighted by molar-refractivity contribution is 0.237. The number of benzene rings is 2. The highest BCUT2D eigenvalue weighted by Crippen LogP contribution is 2.31. The molecular weight excluding hydrogens is 326 g/mol. The Labute approximate surface area is 152 Å². The van der Waals surface area contributed by atoms with Gasteiger partial charge in [0.15, 0.2) is 0 Å². The first kappa shape index (κ1) is 16.8. The van der Waals surface area contributed by atoms with Gasteiger partial charge in [0.2, 0.25) is 0 Å². The molecule has 26 heavy (non-hydrogen) atoms. The van der Waals surface area contributed by atoms with Crippen LogP contribution in [0.3, 0.4) is 0 Å². The lowest BCUT2D eigenvalue weighted by Crippen LogP contribution is -2.32. The Morgan fingerprint density at radius 2 is 1.85 bits per heavy atom. The predicted molar refractivity (Wildman–Crippen MR) is 102 cm³/mol. The normalized spacial score (nSPS) is 14.1. The lowest BCUT2D eigenvalue weighted by Gasteiger charge is -2.23. The van der Waals surface area contributed by atoms with Gasteiger partial charge >= 0.3 is 0 Å². The van der Waals surface area contributed by atoms with Crippen LogP contribution in [0.5, 0.6) is 5.75 Å². The third kappa shape index (κ3) is 3.22. The maximum absolute atomic E-state index is 12.8. The molecule has 1 saturated carbocycles. The first-order valence-electron chi connectivity index (χ1n) is 8.98. The van der Waals surface area contributed by atoms with Gasteiger partial charge in [-0.15, -0.1) is 0 Å². The van der Waals surface area contributed by atoms with Crippen molar-refractivity contribution in [3.63, 3.8) is 0 Å². The van der Waals surface area contributed by atoms with Gasteiger partial charge in [-0.05, 0) is 31.0 Å². The van der Waals surface area contributed by atoms with Crippen LogP contribution in [0.2, 0.25) is 0 Å². The van der Waals surface area contributed by atoms with Gasteiger partial charge in [-0.3, -0.25) is 9.69 Å². The van der Waals surface area contributed by atoms with Crippen molar-refractivity contribution in [3.8, 4) is 5.75 Å². The number of ether oxygens (including phenoxy) is 1. The fourth-order valence-corrected chi connectivity index (χ4v) is 3.44. The van der Waals surface area contributed by atoms with Crippen molar-refractivity contribution >= 4 is 11.0 Å². The van der Waals surface area contributed by atoms with Crippen molar-refractivity contribution in [2.45, 2.75) is 32.0 Å². The van der Waals surface area contributed by atoms with E-state index in [2.05, 4.69) is 16.0 Å². The number of para-hydroxylation sites is 3. The molecule has 1 heterocycles. The second kappa shape index (κ2) is 6.92. The molecule has 0 saturated heterocycles. The molecule has 134 valence electrons. The van der Waals surface area contributed by atoms with E-state index in [1.165, 1.54) is 12.8 Å².